The maximum absolute atomic E-state index is 14.1. The normalized spacial score (nSPS) is 11.1. The molecule has 0 saturated carbocycles. The minimum Gasteiger partial charge on any atom is -0.496 e. The van der Waals surface area contributed by atoms with Gasteiger partial charge in [0.2, 0.25) is 0 Å². The summed E-state index contributed by atoms with van der Waals surface area (Å²) in [5, 5.41) is 15.3. The van der Waals surface area contributed by atoms with Crippen LogP contribution < -0.4 is 15.4 Å². The molecule has 0 aliphatic rings. The van der Waals surface area contributed by atoms with Gasteiger partial charge in [-0.3, -0.25) is 9.59 Å². The van der Waals surface area contributed by atoms with Gasteiger partial charge in [0.05, 0.1) is 18.4 Å². The van der Waals surface area contributed by atoms with Gasteiger partial charge in [0, 0.05) is 12.1 Å². The van der Waals surface area contributed by atoms with E-state index in [1.807, 2.05) is 24.3 Å². The molecule has 0 atom stereocenters. The summed E-state index contributed by atoms with van der Waals surface area (Å²) in [5.74, 6) is -9.10. The van der Waals surface area contributed by atoms with Crippen LogP contribution in [0, 0.1) is 5.82 Å². The molecule has 0 spiro atoms. The summed E-state index contributed by atoms with van der Waals surface area (Å²) in [6, 6.07) is 10.8. The van der Waals surface area contributed by atoms with Gasteiger partial charge in [0.15, 0.2) is 0 Å². The van der Waals surface area contributed by atoms with Crippen LogP contribution in [0.1, 0.15) is 31.2 Å². The highest BCUT2D eigenvalue weighted by Crippen LogP contribution is 2.31. The van der Waals surface area contributed by atoms with E-state index in [-0.39, 0.29) is 16.1 Å². The third-order valence-corrected chi connectivity index (χ3v) is 5.74. The van der Waals surface area contributed by atoms with Gasteiger partial charge in [0.25, 0.3) is 11.8 Å². The third kappa shape index (κ3) is 5.37. The van der Waals surface area contributed by atoms with Crippen LogP contribution in [-0.4, -0.2) is 36.5 Å². The molecule has 0 bridgehead atoms. The van der Waals surface area contributed by atoms with Crippen LogP contribution >= 0.6 is 11.3 Å². The zero-order valence-electron chi connectivity index (χ0n) is 17.7. The number of alkyl halides is 2. The van der Waals surface area contributed by atoms with E-state index >= 15 is 0 Å². The van der Waals surface area contributed by atoms with E-state index in [2.05, 4.69) is 10.6 Å². The van der Waals surface area contributed by atoms with Crippen molar-refractivity contribution >= 4 is 34.8 Å². The second-order valence-corrected chi connectivity index (χ2v) is 7.93. The predicted molar refractivity (Wildman–Crippen MR) is 119 cm³/mol. The van der Waals surface area contributed by atoms with Crippen molar-refractivity contribution < 1.29 is 37.4 Å². The Labute approximate surface area is 196 Å². The van der Waals surface area contributed by atoms with E-state index in [1.165, 1.54) is 6.07 Å². The van der Waals surface area contributed by atoms with E-state index in [9.17, 15) is 27.6 Å². The van der Waals surface area contributed by atoms with Crippen molar-refractivity contribution in [2.75, 3.05) is 19.0 Å². The molecular weight excluding hydrogens is 473 g/mol. The molecule has 0 aliphatic carbocycles. The highest BCUT2D eigenvalue weighted by molar-refractivity contribution is 7.12. The predicted octanol–water partition coefficient (Wildman–Crippen LogP) is 4.30. The number of benzene rings is 2. The number of halogens is 3. The van der Waals surface area contributed by atoms with Crippen molar-refractivity contribution in [2.45, 2.75) is 12.3 Å². The Hall–Kier alpha value is -3.86. The number of nitrogens with one attached hydrogen (secondary N) is 2. The first-order chi connectivity index (χ1) is 16.1. The molecule has 0 saturated heterocycles. The Morgan fingerprint density at radius 1 is 1.09 bits per heavy atom. The molecular formula is C23H19F3N2O5S. The zero-order valence-corrected chi connectivity index (χ0v) is 18.5. The summed E-state index contributed by atoms with van der Waals surface area (Å²) < 4.78 is 46.5. The molecule has 3 aromatic rings. The summed E-state index contributed by atoms with van der Waals surface area (Å²) in [5.41, 5.74) is -0.618. The van der Waals surface area contributed by atoms with E-state index in [1.54, 1.807) is 12.5 Å². The van der Waals surface area contributed by atoms with Crippen LogP contribution in [0.25, 0.3) is 0 Å². The molecule has 34 heavy (non-hydrogen) atoms. The number of anilines is 1. The molecule has 0 fully saturated rings. The number of hydrogen-bond acceptors (Lipinski definition) is 5. The molecule has 0 unspecified atom stereocenters. The summed E-state index contributed by atoms with van der Waals surface area (Å²) in [7, 11) is 1.55. The Bertz CT molecular complexity index is 1230. The van der Waals surface area contributed by atoms with Crippen molar-refractivity contribution in [1.82, 2.24) is 5.32 Å². The number of aliphatic carboxylic acids is 1. The van der Waals surface area contributed by atoms with Crippen molar-refractivity contribution in [3.8, 4) is 5.75 Å². The molecule has 2 aromatic carbocycles. The first kappa shape index (κ1) is 24.8. The number of amides is 2. The van der Waals surface area contributed by atoms with Gasteiger partial charge in [-0.05, 0) is 47.7 Å². The molecule has 3 N–H and O–H groups in total. The number of carbonyl (C=O) groups excluding carboxylic acids is 2. The second kappa shape index (κ2) is 10.4. The van der Waals surface area contributed by atoms with E-state index in [4.69, 9.17) is 9.84 Å². The van der Waals surface area contributed by atoms with Crippen molar-refractivity contribution in [3.63, 3.8) is 0 Å². The van der Waals surface area contributed by atoms with Gasteiger partial charge in [-0.25, -0.2) is 9.18 Å². The first-order valence-corrected chi connectivity index (χ1v) is 10.7. The van der Waals surface area contributed by atoms with Gasteiger partial charge in [0.1, 0.15) is 16.4 Å². The van der Waals surface area contributed by atoms with Crippen LogP contribution in [0.15, 0.2) is 53.9 Å². The zero-order chi connectivity index (χ0) is 24.9. The highest BCUT2D eigenvalue weighted by Gasteiger charge is 2.43. The second-order valence-electron chi connectivity index (χ2n) is 7.01. The number of carboxylic acids is 1. The Balaban J connectivity index is 1.66. The van der Waals surface area contributed by atoms with Crippen molar-refractivity contribution in [2.24, 2.45) is 0 Å². The fraction of sp³-hybridized carbons (Fsp3) is 0.174. The first-order valence-electron chi connectivity index (χ1n) is 9.85. The van der Waals surface area contributed by atoms with E-state index in [0.717, 1.165) is 23.0 Å². The lowest BCUT2D eigenvalue weighted by Gasteiger charge is -2.13. The summed E-state index contributed by atoms with van der Waals surface area (Å²) >= 11 is 1.07. The molecule has 1 heterocycles. The van der Waals surface area contributed by atoms with Crippen LogP contribution in [0.5, 0.6) is 5.75 Å². The van der Waals surface area contributed by atoms with E-state index in [0.29, 0.717) is 30.8 Å². The largest absolute Gasteiger partial charge is 0.496 e. The topological polar surface area (TPSA) is 105 Å². The quantitative estimate of drug-likeness (QED) is 0.413. The number of thiophene rings is 1. The average molecular weight is 492 g/mol. The minimum absolute atomic E-state index is 0.158. The van der Waals surface area contributed by atoms with Crippen molar-refractivity contribution in [3.05, 3.63) is 81.3 Å². The van der Waals surface area contributed by atoms with Gasteiger partial charge in [-0.15, -0.1) is 11.3 Å². The Morgan fingerprint density at radius 3 is 2.50 bits per heavy atom. The lowest BCUT2D eigenvalue weighted by Crippen LogP contribution is -2.27. The fourth-order valence-corrected chi connectivity index (χ4v) is 3.87. The maximum atomic E-state index is 14.1. The molecule has 178 valence electrons. The molecule has 1 aromatic heterocycles. The lowest BCUT2D eigenvalue weighted by molar-refractivity contribution is -0.166. The maximum Gasteiger partial charge on any atom is 0.379 e. The van der Waals surface area contributed by atoms with Crippen molar-refractivity contribution in [1.29, 1.82) is 0 Å². The number of methoxy groups -OCH3 is 1. The average Bonchev–Trinajstić information content (AvgIpc) is 3.27. The summed E-state index contributed by atoms with van der Waals surface area (Å²) in [4.78, 5) is 35.9. The molecule has 11 heteroatoms. The Morgan fingerprint density at radius 2 is 1.82 bits per heavy atom. The van der Waals surface area contributed by atoms with Crippen LogP contribution in [-0.2, 0) is 17.1 Å². The third-order valence-electron chi connectivity index (χ3n) is 4.83. The van der Waals surface area contributed by atoms with Crippen LogP contribution in [0.2, 0.25) is 0 Å². The fourth-order valence-electron chi connectivity index (χ4n) is 3.10. The smallest absolute Gasteiger partial charge is 0.379 e. The number of rotatable bonds is 9. The standard InChI is InChI=1S/C23H19F3N2O5S/c1-33-18-5-3-2-4-13(18)8-10-27-21(30)19-17(9-11-34-19)28-20(29)14-6-7-15(16(24)12-14)23(25,26)22(31)32/h2-7,9,11-12H,8,10H2,1H3,(H,27,30)(H,28,29)(H,31,32). The summed E-state index contributed by atoms with van der Waals surface area (Å²) in [6.45, 7) is 0.301. The molecule has 3 rings (SSSR count). The van der Waals surface area contributed by atoms with E-state index < -0.39 is 35.1 Å². The molecule has 0 radical (unpaired) electrons. The molecule has 2 amide bonds. The highest BCUT2D eigenvalue weighted by atomic mass is 32.1. The van der Waals surface area contributed by atoms with Gasteiger partial charge >= 0.3 is 11.9 Å². The number of hydrogen-bond donors (Lipinski definition) is 3. The van der Waals surface area contributed by atoms with Crippen LogP contribution in [0.4, 0.5) is 18.9 Å². The lowest BCUT2D eigenvalue weighted by atomic mass is 10.0. The number of carboxylic acid groups (broad SMARTS) is 1. The Kier molecular flexibility index (Phi) is 7.57. The molecule has 0 aliphatic heterocycles. The SMILES string of the molecule is COc1ccccc1CCNC(=O)c1sccc1NC(=O)c1ccc(C(F)(F)C(=O)O)c(F)c1. The number of carbonyl (C=O) groups is 3. The number of ether oxygens (including phenoxy) is 1. The minimum atomic E-state index is -4.44. The van der Waals surface area contributed by atoms with Gasteiger partial charge < -0.3 is 20.5 Å². The number of para-hydroxylation sites is 1. The van der Waals surface area contributed by atoms with Gasteiger partial charge in [-0.1, -0.05) is 18.2 Å². The monoisotopic (exact) mass is 492 g/mol. The molecule has 7 nitrogen and oxygen atoms in total. The van der Waals surface area contributed by atoms with Crippen LogP contribution in [0.3, 0.4) is 0 Å². The van der Waals surface area contributed by atoms with Gasteiger partial charge in [-0.2, -0.15) is 8.78 Å². The summed E-state index contributed by atoms with van der Waals surface area (Å²) in [6.07, 6.45) is 0.509.